The Labute approximate surface area is 303 Å². The number of aryl methyl sites for hydroxylation is 2. The van der Waals surface area contributed by atoms with Crippen LogP contribution in [0.4, 0.5) is 17.1 Å². The Morgan fingerprint density at radius 1 is 0.451 bits per heavy atom. The summed E-state index contributed by atoms with van der Waals surface area (Å²) in [5.41, 5.74) is 3.78. The molecule has 6 aromatic carbocycles. The van der Waals surface area contributed by atoms with E-state index < -0.39 is 33.9 Å². The lowest BCUT2D eigenvalue weighted by Crippen LogP contribution is -1.98. The van der Waals surface area contributed by atoms with Crippen LogP contribution in [0.1, 0.15) is 54.9 Å². The van der Waals surface area contributed by atoms with Gasteiger partial charge in [0.05, 0.1) is 14.8 Å². The fourth-order valence-electron chi connectivity index (χ4n) is 5.79. The molecular formula is C42H35N3O6. The molecule has 0 aliphatic rings. The second-order valence-electron chi connectivity index (χ2n) is 11.9. The molecule has 0 saturated heterocycles. The van der Waals surface area contributed by atoms with Crippen molar-refractivity contribution in [1.29, 1.82) is 0 Å². The number of hydrogen-bond acceptors (Lipinski definition) is 6. The lowest BCUT2D eigenvalue weighted by molar-refractivity contribution is -0.385. The van der Waals surface area contributed by atoms with Crippen molar-refractivity contribution in [2.75, 3.05) is 0 Å². The van der Waals surface area contributed by atoms with Gasteiger partial charge in [-0.05, 0) is 124 Å². The highest BCUT2D eigenvalue weighted by Gasteiger charge is 2.13. The van der Waals surface area contributed by atoms with Gasteiger partial charge in [-0.1, -0.05) is 73.5 Å². The minimum absolute atomic E-state index is 0.0179. The number of nitrogens with zero attached hydrogens (tertiary/aromatic N) is 3. The number of non-ortho nitro benzene ring substituents is 3. The highest BCUT2D eigenvalue weighted by Crippen LogP contribution is 2.31. The molecule has 0 N–H and O–H groups in total. The molecule has 9 nitrogen and oxygen atoms in total. The van der Waals surface area contributed by atoms with Crippen molar-refractivity contribution in [3.63, 3.8) is 0 Å². The summed E-state index contributed by atoms with van der Waals surface area (Å²) in [5, 5.41) is 34.1. The zero-order valence-corrected chi connectivity index (χ0v) is 27.6. The van der Waals surface area contributed by atoms with Gasteiger partial charge in [-0.3, -0.25) is 30.3 Å². The smallest absolute Gasteiger partial charge is 0.258 e. The van der Waals surface area contributed by atoms with E-state index in [2.05, 4.69) is 0 Å². The summed E-state index contributed by atoms with van der Waals surface area (Å²) >= 11 is 0. The first-order chi connectivity index (χ1) is 26.8. The lowest BCUT2D eigenvalue weighted by Gasteiger charge is -2.14. The molecule has 0 atom stereocenters. The zero-order chi connectivity index (χ0) is 41.4. The first-order valence-corrected chi connectivity index (χ1v) is 16.0. The molecule has 0 bridgehead atoms. The van der Waals surface area contributed by atoms with Crippen LogP contribution in [0, 0.1) is 37.3 Å². The Hall–Kier alpha value is -6.48. The summed E-state index contributed by atoms with van der Waals surface area (Å²) in [5.74, 6) is 0. The van der Waals surface area contributed by atoms with E-state index in [-0.39, 0.29) is 51.3 Å². The standard InChI is InChI=1S/C42H35N3O6/c1-3-4-29-19-31(25-38(23-29)35-7-13-41(14-8-35)44(48)49)21-33-22-32(26-39(27-33)36-9-15-42(16-10-36)45(50)51)20-30-17-28(2)18-37(24-30)34-5-11-40(12-6-34)43(46)47/h5-19,22-27H,3-4,20-21H2,1-2H3/i4D2,20D2,21D2. The summed E-state index contributed by atoms with van der Waals surface area (Å²) in [6.07, 6.45) is -6.45. The Morgan fingerprint density at radius 3 is 1.12 bits per heavy atom. The number of rotatable bonds is 12. The minimum Gasteiger partial charge on any atom is -0.258 e. The average Bonchev–Trinajstić information content (AvgIpc) is 3.20. The van der Waals surface area contributed by atoms with E-state index in [4.69, 9.17) is 2.74 Å². The van der Waals surface area contributed by atoms with E-state index in [0.29, 0.717) is 38.9 Å². The molecule has 0 unspecified atom stereocenters. The van der Waals surface area contributed by atoms with Crippen molar-refractivity contribution >= 4 is 17.1 Å². The van der Waals surface area contributed by atoms with E-state index in [1.807, 2.05) is 6.07 Å². The van der Waals surface area contributed by atoms with Crippen molar-refractivity contribution in [1.82, 2.24) is 0 Å². The van der Waals surface area contributed by atoms with E-state index in [9.17, 15) is 35.8 Å². The maximum atomic E-state index is 11.5. The van der Waals surface area contributed by atoms with Crippen molar-refractivity contribution < 1.29 is 23.0 Å². The fourth-order valence-corrected chi connectivity index (χ4v) is 5.79. The molecule has 51 heavy (non-hydrogen) atoms. The molecular weight excluding hydrogens is 642 g/mol. The summed E-state index contributed by atoms with van der Waals surface area (Å²) in [6, 6.07) is 31.3. The van der Waals surface area contributed by atoms with Crippen LogP contribution in [0.2, 0.25) is 0 Å². The van der Waals surface area contributed by atoms with Gasteiger partial charge >= 0.3 is 0 Å². The topological polar surface area (TPSA) is 129 Å². The SMILES string of the molecule is [2H]C([2H])(CC)c1cc(-c2ccc([N+](=O)[O-])cc2)cc(C([2H])([2H])c2cc(-c3ccc([N+](=O)[O-])cc3)cc(C([2H])([2H])c3cc(C)cc(-c4ccc([N+](=O)[O-])cc4)c3)c2)c1. The second-order valence-corrected chi connectivity index (χ2v) is 11.9. The van der Waals surface area contributed by atoms with Crippen molar-refractivity contribution in [3.8, 4) is 33.4 Å². The summed E-state index contributed by atoms with van der Waals surface area (Å²) < 4.78 is 55.7. The van der Waals surface area contributed by atoms with Crippen LogP contribution in [0.15, 0.2) is 127 Å². The van der Waals surface area contributed by atoms with Crippen molar-refractivity contribution in [2.45, 2.75) is 39.4 Å². The van der Waals surface area contributed by atoms with Gasteiger partial charge in [-0.2, -0.15) is 0 Å². The van der Waals surface area contributed by atoms with Crippen molar-refractivity contribution in [2.24, 2.45) is 0 Å². The molecule has 0 radical (unpaired) electrons. The first-order valence-electron chi connectivity index (χ1n) is 19.0. The Morgan fingerprint density at radius 2 is 0.765 bits per heavy atom. The maximum Gasteiger partial charge on any atom is 0.269 e. The minimum atomic E-state index is -2.38. The Balaban J connectivity index is 1.54. The lowest BCUT2D eigenvalue weighted by atomic mass is 9.91. The largest absolute Gasteiger partial charge is 0.269 e. The molecule has 0 heterocycles. The molecule has 0 fully saturated rings. The molecule has 0 aliphatic carbocycles. The average molecular weight is 684 g/mol. The fraction of sp³-hybridized carbons (Fsp3) is 0.143. The molecule has 0 saturated carbocycles. The Bertz CT molecular complexity index is 2530. The molecule has 0 amide bonds. The van der Waals surface area contributed by atoms with Gasteiger partial charge in [0.15, 0.2) is 0 Å². The Kier molecular flexibility index (Phi) is 8.02. The molecule has 254 valence electrons. The van der Waals surface area contributed by atoms with E-state index in [1.165, 1.54) is 78.9 Å². The summed E-state index contributed by atoms with van der Waals surface area (Å²) in [7, 11) is 0. The predicted octanol–water partition coefficient (Wildman–Crippen LogP) is 10.9. The zero-order valence-electron chi connectivity index (χ0n) is 33.6. The van der Waals surface area contributed by atoms with Gasteiger partial charge in [0, 0.05) is 44.6 Å². The molecule has 6 aromatic rings. The van der Waals surface area contributed by atoms with Crippen LogP contribution >= 0.6 is 0 Å². The first kappa shape index (κ1) is 27.4. The van der Waals surface area contributed by atoms with Gasteiger partial charge in [0.1, 0.15) is 0 Å². The third-order valence-electron chi connectivity index (χ3n) is 8.14. The quantitative estimate of drug-likeness (QED) is 0.0932. The van der Waals surface area contributed by atoms with Gasteiger partial charge in [-0.15, -0.1) is 0 Å². The van der Waals surface area contributed by atoms with E-state index in [1.54, 1.807) is 56.3 Å². The molecule has 9 heteroatoms. The van der Waals surface area contributed by atoms with E-state index >= 15 is 0 Å². The van der Waals surface area contributed by atoms with Crippen LogP contribution in [0.3, 0.4) is 0 Å². The summed E-state index contributed by atoms with van der Waals surface area (Å²) in [6.45, 7) is 3.45. The third kappa shape index (κ3) is 8.40. The summed E-state index contributed by atoms with van der Waals surface area (Å²) in [4.78, 5) is 32.5. The monoisotopic (exact) mass is 683 g/mol. The highest BCUT2D eigenvalue weighted by atomic mass is 16.6. The van der Waals surface area contributed by atoms with Crippen molar-refractivity contribution in [3.05, 3.63) is 191 Å². The second kappa shape index (κ2) is 15.0. The molecule has 0 aromatic heterocycles. The van der Waals surface area contributed by atoms with Crippen LogP contribution in [0.5, 0.6) is 0 Å². The number of hydrogen-bond donors (Lipinski definition) is 0. The molecule has 6 rings (SSSR count). The van der Waals surface area contributed by atoms with Crippen LogP contribution in [-0.2, 0) is 19.1 Å². The number of benzene rings is 6. The normalized spacial score (nSPS) is 13.5. The van der Waals surface area contributed by atoms with Gasteiger partial charge in [0.25, 0.3) is 17.1 Å². The highest BCUT2D eigenvalue weighted by molar-refractivity contribution is 5.70. The van der Waals surface area contributed by atoms with Gasteiger partial charge in [-0.25, -0.2) is 0 Å². The van der Waals surface area contributed by atoms with Crippen LogP contribution < -0.4 is 0 Å². The van der Waals surface area contributed by atoms with E-state index in [0.717, 1.165) is 0 Å². The number of nitro benzene ring substituents is 3. The predicted molar refractivity (Wildman–Crippen MR) is 200 cm³/mol. The van der Waals surface area contributed by atoms with Gasteiger partial charge in [0.2, 0.25) is 0 Å². The molecule has 0 aliphatic heterocycles. The third-order valence-corrected chi connectivity index (χ3v) is 8.14. The van der Waals surface area contributed by atoms with Gasteiger partial charge < -0.3 is 0 Å². The van der Waals surface area contributed by atoms with Crippen LogP contribution in [-0.4, -0.2) is 14.8 Å². The maximum absolute atomic E-state index is 11.5. The van der Waals surface area contributed by atoms with Crippen LogP contribution in [0.25, 0.3) is 33.4 Å². The molecule has 0 spiro atoms. The number of nitro groups is 3.